The van der Waals surface area contributed by atoms with Crippen molar-refractivity contribution in [3.8, 4) is 0 Å². The van der Waals surface area contributed by atoms with Gasteiger partial charge < -0.3 is 11.1 Å². The summed E-state index contributed by atoms with van der Waals surface area (Å²) in [5, 5.41) is 7.25. The topological polar surface area (TPSA) is 72.9 Å². The van der Waals surface area contributed by atoms with Crippen LogP contribution in [-0.2, 0) is 11.3 Å². The van der Waals surface area contributed by atoms with Crippen molar-refractivity contribution < 1.29 is 4.79 Å². The van der Waals surface area contributed by atoms with Crippen molar-refractivity contribution >= 4 is 11.6 Å². The first-order chi connectivity index (χ1) is 8.36. The van der Waals surface area contributed by atoms with E-state index in [2.05, 4.69) is 24.3 Å². The third-order valence-electron chi connectivity index (χ3n) is 3.62. The molecule has 0 aliphatic carbocycles. The summed E-state index contributed by atoms with van der Waals surface area (Å²) in [6, 6.07) is 0.178. The summed E-state index contributed by atoms with van der Waals surface area (Å²) in [5.74, 6) is 0.452. The Morgan fingerprint density at radius 3 is 2.50 bits per heavy atom. The SMILES string of the molecule is CCC(C)C(C)NC(=O)Cn1nc(C)c(N)c1C. The molecule has 0 saturated carbocycles. The average Bonchev–Trinajstić information content (AvgIpc) is 2.55. The summed E-state index contributed by atoms with van der Waals surface area (Å²) in [4.78, 5) is 11.9. The van der Waals surface area contributed by atoms with Gasteiger partial charge in [-0.1, -0.05) is 20.3 Å². The Hall–Kier alpha value is -1.52. The molecule has 2 atom stereocenters. The van der Waals surface area contributed by atoms with E-state index in [9.17, 15) is 4.79 Å². The second-order valence-electron chi connectivity index (χ2n) is 4.98. The molecule has 5 nitrogen and oxygen atoms in total. The maximum absolute atomic E-state index is 11.9. The summed E-state index contributed by atoms with van der Waals surface area (Å²) in [7, 11) is 0. The molecule has 3 N–H and O–H groups in total. The van der Waals surface area contributed by atoms with Crippen molar-refractivity contribution in [3.63, 3.8) is 0 Å². The lowest BCUT2D eigenvalue weighted by Gasteiger charge is -2.20. The molecular formula is C13H24N4O. The second kappa shape index (κ2) is 5.89. The van der Waals surface area contributed by atoms with Gasteiger partial charge in [-0.15, -0.1) is 0 Å². The lowest BCUT2D eigenvalue weighted by Crippen LogP contribution is -2.39. The predicted octanol–water partition coefficient (Wildman–Crippen LogP) is 1.63. The molecule has 2 unspecified atom stereocenters. The highest BCUT2D eigenvalue weighted by Crippen LogP contribution is 2.14. The van der Waals surface area contributed by atoms with Crippen molar-refractivity contribution in [1.29, 1.82) is 0 Å². The number of anilines is 1. The highest BCUT2D eigenvalue weighted by Gasteiger charge is 2.15. The van der Waals surface area contributed by atoms with E-state index in [-0.39, 0.29) is 18.5 Å². The maximum atomic E-state index is 11.9. The van der Waals surface area contributed by atoms with Crippen LogP contribution in [0.2, 0.25) is 0 Å². The van der Waals surface area contributed by atoms with Crippen molar-refractivity contribution in [2.75, 3.05) is 5.73 Å². The molecular weight excluding hydrogens is 228 g/mol. The fraction of sp³-hybridized carbons (Fsp3) is 0.692. The van der Waals surface area contributed by atoms with E-state index >= 15 is 0 Å². The molecule has 1 heterocycles. The van der Waals surface area contributed by atoms with Gasteiger partial charge in [-0.3, -0.25) is 9.48 Å². The third kappa shape index (κ3) is 3.24. The van der Waals surface area contributed by atoms with Crippen LogP contribution in [0.4, 0.5) is 5.69 Å². The molecule has 0 aliphatic heterocycles. The number of nitrogens with two attached hydrogens (primary N) is 1. The van der Waals surface area contributed by atoms with E-state index in [0.717, 1.165) is 17.8 Å². The number of hydrogen-bond acceptors (Lipinski definition) is 3. The first-order valence-electron chi connectivity index (χ1n) is 6.45. The smallest absolute Gasteiger partial charge is 0.241 e. The molecule has 1 amide bonds. The lowest BCUT2D eigenvalue weighted by atomic mass is 10.0. The Morgan fingerprint density at radius 2 is 2.06 bits per heavy atom. The Morgan fingerprint density at radius 1 is 1.44 bits per heavy atom. The van der Waals surface area contributed by atoms with Gasteiger partial charge in [0.05, 0.1) is 17.1 Å². The zero-order chi connectivity index (χ0) is 13.9. The van der Waals surface area contributed by atoms with Gasteiger partial charge in [0.25, 0.3) is 0 Å². The summed E-state index contributed by atoms with van der Waals surface area (Å²) < 4.78 is 1.66. The zero-order valence-electron chi connectivity index (χ0n) is 11.9. The Balaban J connectivity index is 2.62. The monoisotopic (exact) mass is 252 g/mol. The van der Waals surface area contributed by atoms with Gasteiger partial charge in [0.15, 0.2) is 0 Å². The minimum atomic E-state index is -0.0200. The first kappa shape index (κ1) is 14.5. The number of nitrogens with zero attached hydrogens (tertiary/aromatic N) is 2. The van der Waals surface area contributed by atoms with Gasteiger partial charge in [-0.2, -0.15) is 5.10 Å². The Bertz CT molecular complexity index is 425. The molecule has 18 heavy (non-hydrogen) atoms. The van der Waals surface area contributed by atoms with E-state index in [4.69, 9.17) is 5.73 Å². The van der Waals surface area contributed by atoms with Crippen LogP contribution in [0, 0.1) is 19.8 Å². The van der Waals surface area contributed by atoms with Crippen LogP contribution in [0.25, 0.3) is 0 Å². The van der Waals surface area contributed by atoms with Crippen LogP contribution >= 0.6 is 0 Å². The van der Waals surface area contributed by atoms with Gasteiger partial charge >= 0.3 is 0 Å². The largest absolute Gasteiger partial charge is 0.396 e. The number of carbonyl (C=O) groups excluding carboxylic acids is 1. The van der Waals surface area contributed by atoms with Gasteiger partial charge in [0.2, 0.25) is 5.91 Å². The average molecular weight is 252 g/mol. The molecule has 1 aromatic rings. The fourth-order valence-electron chi connectivity index (χ4n) is 1.80. The van der Waals surface area contributed by atoms with E-state index in [1.54, 1.807) is 4.68 Å². The predicted molar refractivity (Wildman–Crippen MR) is 73.2 cm³/mol. The Kier molecular flexibility index (Phi) is 4.76. The summed E-state index contributed by atoms with van der Waals surface area (Å²) in [6.45, 7) is 10.2. The normalized spacial score (nSPS) is 14.3. The number of carbonyl (C=O) groups is 1. The Labute approximate surface area is 109 Å². The molecule has 102 valence electrons. The van der Waals surface area contributed by atoms with Crippen molar-refractivity contribution in [1.82, 2.24) is 15.1 Å². The molecule has 1 aromatic heterocycles. The number of aryl methyl sites for hydroxylation is 1. The molecule has 0 fully saturated rings. The lowest BCUT2D eigenvalue weighted by molar-refractivity contribution is -0.122. The summed E-state index contributed by atoms with van der Waals surface area (Å²) in [6.07, 6.45) is 1.05. The minimum absolute atomic E-state index is 0.0200. The van der Waals surface area contributed by atoms with Gasteiger partial charge in [0, 0.05) is 6.04 Å². The van der Waals surface area contributed by atoms with Gasteiger partial charge in [-0.05, 0) is 26.7 Å². The van der Waals surface area contributed by atoms with Crippen LogP contribution in [0.5, 0.6) is 0 Å². The van der Waals surface area contributed by atoms with Crippen LogP contribution in [-0.4, -0.2) is 21.7 Å². The van der Waals surface area contributed by atoms with E-state index in [1.165, 1.54) is 0 Å². The molecule has 0 radical (unpaired) electrons. The highest BCUT2D eigenvalue weighted by atomic mass is 16.2. The maximum Gasteiger partial charge on any atom is 0.241 e. The highest BCUT2D eigenvalue weighted by molar-refractivity contribution is 5.76. The van der Waals surface area contributed by atoms with Crippen LogP contribution in [0.3, 0.4) is 0 Å². The van der Waals surface area contributed by atoms with E-state index < -0.39 is 0 Å². The van der Waals surface area contributed by atoms with Crippen molar-refractivity contribution in [2.24, 2.45) is 5.92 Å². The molecule has 0 aliphatic rings. The van der Waals surface area contributed by atoms with Gasteiger partial charge in [-0.25, -0.2) is 0 Å². The summed E-state index contributed by atoms with van der Waals surface area (Å²) in [5.41, 5.74) is 8.12. The molecule has 0 aromatic carbocycles. The molecule has 0 spiro atoms. The second-order valence-corrected chi connectivity index (χ2v) is 4.98. The fourth-order valence-corrected chi connectivity index (χ4v) is 1.80. The van der Waals surface area contributed by atoms with Crippen LogP contribution < -0.4 is 11.1 Å². The number of aromatic nitrogens is 2. The molecule has 0 saturated heterocycles. The van der Waals surface area contributed by atoms with Crippen LogP contribution in [0.1, 0.15) is 38.6 Å². The standard InChI is InChI=1S/C13H24N4O/c1-6-8(2)9(3)15-12(18)7-17-11(5)13(14)10(4)16-17/h8-9H,6-7,14H2,1-5H3,(H,15,18). The molecule has 0 bridgehead atoms. The number of rotatable bonds is 5. The number of hydrogen-bond donors (Lipinski definition) is 2. The van der Waals surface area contributed by atoms with Crippen molar-refractivity contribution in [2.45, 2.75) is 53.6 Å². The molecule has 5 heteroatoms. The quantitative estimate of drug-likeness (QED) is 0.836. The number of nitrogen functional groups attached to an aromatic ring is 1. The van der Waals surface area contributed by atoms with Gasteiger partial charge in [0.1, 0.15) is 6.54 Å². The minimum Gasteiger partial charge on any atom is -0.396 e. The summed E-state index contributed by atoms with van der Waals surface area (Å²) >= 11 is 0. The third-order valence-corrected chi connectivity index (χ3v) is 3.62. The van der Waals surface area contributed by atoms with Crippen LogP contribution in [0.15, 0.2) is 0 Å². The first-order valence-corrected chi connectivity index (χ1v) is 6.45. The molecule has 1 rings (SSSR count). The zero-order valence-corrected chi connectivity index (χ0v) is 11.9. The van der Waals surface area contributed by atoms with E-state index in [0.29, 0.717) is 11.6 Å². The van der Waals surface area contributed by atoms with E-state index in [1.807, 2.05) is 20.8 Å². The number of amides is 1. The van der Waals surface area contributed by atoms with Crippen molar-refractivity contribution in [3.05, 3.63) is 11.4 Å². The number of nitrogens with one attached hydrogen (secondary N) is 1.